The van der Waals surface area contributed by atoms with Gasteiger partial charge in [-0.05, 0) is 32.5 Å². The summed E-state index contributed by atoms with van der Waals surface area (Å²) < 4.78 is 13.9. The van der Waals surface area contributed by atoms with Crippen molar-refractivity contribution in [2.24, 2.45) is 0 Å². The van der Waals surface area contributed by atoms with Crippen molar-refractivity contribution >= 4 is 22.9 Å². The first kappa shape index (κ1) is 15.1. The van der Waals surface area contributed by atoms with E-state index in [0.29, 0.717) is 25.2 Å². The van der Waals surface area contributed by atoms with Crippen molar-refractivity contribution < 1.29 is 9.18 Å². The number of anilines is 1. The number of aryl methyl sites for hydroxylation is 1. The Bertz CT molecular complexity index is 688. The van der Waals surface area contributed by atoms with Gasteiger partial charge < -0.3 is 4.90 Å². The van der Waals surface area contributed by atoms with Crippen molar-refractivity contribution in [1.29, 1.82) is 0 Å². The number of likely N-dealkylation sites (N-methyl/N-ethyl adjacent to an activating group) is 1. The normalized spacial score (nSPS) is 18.5. The Balaban J connectivity index is 1.72. The molecule has 2 heterocycles. The fourth-order valence-corrected chi connectivity index (χ4v) is 3.68. The number of aromatic nitrogens is 1. The van der Waals surface area contributed by atoms with Crippen molar-refractivity contribution in [2.75, 3.05) is 18.5 Å². The number of para-hydroxylation sites is 1. The minimum absolute atomic E-state index is 0.0335. The zero-order valence-electron chi connectivity index (χ0n) is 12.6. The molecule has 0 radical (unpaired) electrons. The summed E-state index contributed by atoms with van der Waals surface area (Å²) in [7, 11) is 1.93. The van der Waals surface area contributed by atoms with E-state index in [-0.39, 0.29) is 17.8 Å². The second-order valence-electron chi connectivity index (χ2n) is 5.51. The molecule has 6 heteroatoms. The molecular weight excluding hydrogens is 301 g/mol. The van der Waals surface area contributed by atoms with E-state index in [1.54, 1.807) is 34.4 Å². The maximum atomic E-state index is 13.9. The fourth-order valence-electron chi connectivity index (χ4n) is 2.82. The first-order valence-electron chi connectivity index (χ1n) is 7.23. The molecule has 116 valence electrons. The molecule has 1 atom stereocenters. The summed E-state index contributed by atoms with van der Waals surface area (Å²) in [5.41, 5.74) is 0.372. The van der Waals surface area contributed by atoms with Crippen LogP contribution in [0, 0.1) is 12.7 Å². The van der Waals surface area contributed by atoms with Crippen LogP contribution in [0.5, 0.6) is 0 Å². The topological polar surface area (TPSA) is 36.4 Å². The van der Waals surface area contributed by atoms with Gasteiger partial charge in [0.15, 0.2) is 0 Å². The van der Waals surface area contributed by atoms with E-state index in [0.717, 1.165) is 9.88 Å². The van der Waals surface area contributed by atoms with Crippen LogP contribution in [0.25, 0.3) is 0 Å². The number of carbonyl (C=O) groups excluding carboxylic acids is 1. The lowest BCUT2D eigenvalue weighted by molar-refractivity contribution is -0.121. The van der Waals surface area contributed by atoms with Gasteiger partial charge in [-0.25, -0.2) is 9.37 Å². The number of benzene rings is 1. The molecule has 22 heavy (non-hydrogen) atoms. The van der Waals surface area contributed by atoms with Crippen LogP contribution < -0.4 is 4.90 Å². The van der Waals surface area contributed by atoms with E-state index in [2.05, 4.69) is 4.98 Å². The molecular formula is C16H18FN3OS. The van der Waals surface area contributed by atoms with Gasteiger partial charge in [-0.2, -0.15) is 0 Å². The molecule has 0 unspecified atom stereocenters. The predicted molar refractivity (Wildman–Crippen MR) is 85.5 cm³/mol. The Kier molecular flexibility index (Phi) is 4.22. The van der Waals surface area contributed by atoms with Gasteiger partial charge in [-0.15, -0.1) is 11.3 Å². The van der Waals surface area contributed by atoms with Crippen LogP contribution in [0.1, 0.15) is 16.3 Å². The molecule has 1 amide bonds. The van der Waals surface area contributed by atoms with Crippen molar-refractivity contribution in [3.05, 3.63) is 46.2 Å². The Morgan fingerprint density at radius 2 is 2.23 bits per heavy atom. The summed E-state index contributed by atoms with van der Waals surface area (Å²) in [5, 5.41) is 1.02. The first-order valence-corrected chi connectivity index (χ1v) is 8.05. The van der Waals surface area contributed by atoms with Gasteiger partial charge in [0.2, 0.25) is 5.91 Å². The summed E-state index contributed by atoms with van der Waals surface area (Å²) in [6.07, 6.45) is 2.56. The molecule has 1 aromatic heterocycles. The minimum atomic E-state index is -0.350. The fraction of sp³-hybridized carbons (Fsp3) is 0.375. The minimum Gasteiger partial charge on any atom is -0.308 e. The second kappa shape index (κ2) is 6.14. The molecule has 2 aromatic rings. The third-order valence-corrected chi connectivity index (χ3v) is 4.82. The average Bonchev–Trinajstić information content (AvgIpc) is 3.06. The van der Waals surface area contributed by atoms with Gasteiger partial charge in [-0.1, -0.05) is 12.1 Å². The Hall–Kier alpha value is -1.79. The van der Waals surface area contributed by atoms with Gasteiger partial charge in [-0.3, -0.25) is 9.69 Å². The molecule has 1 fully saturated rings. The van der Waals surface area contributed by atoms with Crippen LogP contribution in [-0.2, 0) is 11.3 Å². The zero-order chi connectivity index (χ0) is 15.7. The molecule has 1 aliphatic heterocycles. The van der Waals surface area contributed by atoms with Gasteiger partial charge in [0.05, 0.1) is 16.7 Å². The molecule has 1 saturated heterocycles. The van der Waals surface area contributed by atoms with Crippen molar-refractivity contribution in [1.82, 2.24) is 9.88 Å². The Morgan fingerprint density at radius 3 is 2.91 bits per heavy atom. The summed E-state index contributed by atoms with van der Waals surface area (Å²) in [4.78, 5) is 21.5. The summed E-state index contributed by atoms with van der Waals surface area (Å²) in [6.45, 7) is 3.21. The van der Waals surface area contributed by atoms with Crippen LogP contribution in [0.3, 0.4) is 0 Å². The summed E-state index contributed by atoms with van der Waals surface area (Å²) in [5.74, 6) is -0.383. The number of amides is 1. The number of rotatable bonds is 4. The van der Waals surface area contributed by atoms with Crippen LogP contribution in [0.4, 0.5) is 10.1 Å². The lowest BCUT2D eigenvalue weighted by Crippen LogP contribution is -2.39. The number of carbonyl (C=O) groups is 1. The number of halogens is 1. The lowest BCUT2D eigenvalue weighted by Gasteiger charge is -2.23. The molecule has 0 bridgehead atoms. The standard InChI is InChI=1S/C16H18FN3OS/c1-11-18-9-12(22-11)10-19(2)15-7-8-20(16(15)21)14-6-4-3-5-13(14)17/h3-6,9,15H,7-8,10H2,1-2H3/t15-/m0/s1. The third-order valence-electron chi connectivity index (χ3n) is 3.93. The van der Waals surface area contributed by atoms with E-state index in [4.69, 9.17) is 0 Å². The Morgan fingerprint density at radius 1 is 1.45 bits per heavy atom. The Labute approximate surface area is 133 Å². The molecule has 0 saturated carbocycles. The molecule has 0 aliphatic carbocycles. The SMILES string of the molecule is Cc1ncc(CN(C)[C@H]2CCN(c3ccccc3F)C2=O)s1. The highest BCUT2D eigenvalue weighted by Gasteiger charge is 2.36. The van der Waals surface area contributed by atoms with Gasteiger partial charge in [0, 0.05) is 24.2 Å². The maximum absolute atomic E-state index is 13.9. The molecule has 1 aromatic carbocycles. The van der Waals surface area contributed by atoms with E-state index in [9.17, 15) is 9.18 Å². The largest absolute Gasteiger partial charge is 0.308 e. The van der Waals surface area contributed by atoms with Gasteiger partial charge in [0.1, 0.15) is 5.82 Å². The van der Waals surface area contributed by atoms with E-state index < -0.39 is 0 Å². The number of thiazole rings is 1. The molecule has 3 rings (SSSR count). The highest BCUT2D eigenvalue weighted by atomic mass is 32.1. The predicted octanol–water partition coefficient (Wildman–Crippen LogP) is 2.83. The maximum Gasteiger partial charge on any atom is 0.244 e. The first-order chi connectivity index (χ1) is 10.6. The highest BCUT2D eigenvalue weighted by molar-refractivity contribution is 7.11. The van der Waals surface area contributed by atoms with E-state index >= 15 is 0 Å². The van der Waals surface area contributed by atoms with E-state index in [1.165, 1.54) is 6.07 Å². The van der Waals surface area contributed by atoms with Crippen LogP contribution in [0.15, 0.2) is 30.5 Å². The average molecular weight is 319 g/mol. The quantitative estimate of drug-likeness (QED) is 0.869. The number of hydrogen-bond donors (Lipinski definition) is 0. The number of nitrogens with zero attached hydrogens (tertiary/aromatic N) is 3. The third kappa shape index (κ3) is 2.89. The van der Waals surface area contributed by atoms with Crippen LogP contribution >= 0.6 is 11.3 Å². The smallest absolute Gasteiger partial charge is 0.244 e. The highest BCUT2D eigenvalue weighted by Crippen LogP contribution is 2.27. The van der Waals surface area contributed by atoms with Crippen molar-refractivity contribution in [3.8, 4) is 0 Å². The monoisotopic (exact) mass is 319 g/mol. The number of hydrogen-bond acceptors (Lipinski definition) is 4. The van der Waals surface area contributed by atoms with Crippen LogP contribution in [0.2, 0.25) is 0 Å². The summed E-state index contributed by atoms with van der Waals surface area (Å²) >= 11 is 1.64. The van der Waals surface area contributed by atoms with E-state index in [1.807, 2.05) is 25.1 Å². The second-order valence-corrected chi connectivity index (χ2v) is 6.83. The van der Waals surface area contributed by atoms with Crippen LogP contribution in [-0.4, -0.2) is 35.4 Å². The summed E-state index contributed by atoms with van der Waals surface area (Å²) in [6, 6.07) is 6.22. The van der Waals surface area contributed by atoms with Gasteiger partial charge in [0.25, 0.3) is 0 Å². The molecule has 0 spiro atoms. The zero-order valence-corrected chi connectivity index (χ0v) is 13.4. The van der Waals surface area contributed by atoms with Gasteiger partial charge >= 0.3 is 0 Å². The lowest BCUT2D eigenvalue weighted by atomic mass is 10.2. The van der Waals surface area contributed by atoms with Crippen molar-refractivity contribution in [2.45, 2.75) is 25.9 Å². The van der Waals surface area contributed by atoms with Crippen molar-refractivity contribution in [3.63, 3.8) is 0 Å². The molecule has 1 aliphatic rings. The molecule has 0 N–H and O–H groups in total. The molecule has 4 nitrogen and oxygen atoms in total.